The van der Waals surface area contributed by atoms with E-state index in [0.29, 0.717) is 0 Å². The predicted octanol–water partition coefficient (Wildman–Crippen LogP) is -1.20. The van der Waals surface area contributed by atoms with E-state index in [2.05, 4.69) is 0 Å². The Hall–Kier alpha value is -0.620. The lowest BCUT2D eigenvalue weighted by atomic mass is 10.4. The topological polar surface area (TPSA) is 89.3 Å². The Balaban J connectivity index is 4.17. The molecule has 0 aromatic heterocycles. The molecule has 11 heavy (non-hydrogen) atoms. The van der Waals surface area contributed by atoms with Crippen molar-refractivity contribution in [3.63, 3.8) is 0 Å². The predicted molar refractivity (Wildman–Crippen MR) is 41.3 cm³/mol. The lowest BCUT2D eigenvalue weighted by molar-refractivity contribution is -0.120. The van der Waals surface area contributed by atoms with Crippen molar-refractivity contribution in [3.05, 3.63) is 0 Å². The van der Waals surface area contributed by atoms with Crippen molar-refractivity contribution in [1.82, 2.24) is 4.72 Å². The van der Waals surface area contributed by atoms with E-state index in [1.165, 1.54) is 13.8 Å². The van der Waals surface area contributed by atoms with Gasteiger partial charge in [-0.25, -0.2) is 8.42 Å². The van der Waals surface area contributed by atoms with E-state index >= 15 is 0 Å². The van der Waals surface area contributed by atoms with Crippen molar-refractivity contribution in [3.8, 4) is 0 Å². The fourth-order valence-corrected chi connectivity index (χ4v) is 0.955. The highest BCUT2D eigenvalue weighted by Gasteiger charge is 2.14. The van der Waals surface area contributed by atoms with E-state index in [1.807, 2.05) is 4.72 Å². The Labute approximate surface area is 66.0 Å². The van der Waals surface area contributed by atoms with Gasteiger partial charge in [-0.3, -0.25) is 9.52 Å². The van der Waals surface area contributed by atoms with Gasteiger partial charge in [-0.1, -0.05) is 0 Å². The zero-order chi connectivity index (χ0) is 9.07. The zero-order valence-corrected chi connectivity index (χ0v) is 7.31. The Bertz CT molecular complexity index is 232. The summed E-state index contributed by atoms with van der Waals surface area (Å²) < 4.78 is 23.3. The van der Waals surface area contributed by atoms with E-state index in [0.717, 1.165) is 0 Å². The second-order valence-corrected chi connectivity index (χ2v) is 4.17. The van der Waals surface area contributed by atoms with Crippen molar-refractivity contribution >= 4 is 15.9 Å². The van der Waals surface area contributed by atoms with Crippen LogP contribution in [0.15, 0.2) is 0 Å². The molecule has 0 radical (unpaired) electrons. The van der Waals surface area contributed by atoms with Crippen LogP contribution in [0.2, 0.25) is 0 Å². The van der Waals surface area contributed by atoms with Crippen LogP contribution in [0.1, 0.15) is 13.8 Å². The standard InChI is InChI=1S/C5H12N2O3S/c1-3-11(9,10)7-5(8)4(2)6/h4H,3,6H2,1-2H3,(H,7,8). The highest BCUT2D eigenvalue weighted by Crippen LogP contribution is 1.84. The third-order valence-corrected chi connectivity index (χ3v) is 2.32. The molecule has 6 heteroatoms. The van der Waals surface area contributed by atoms with E-state index in [9.17, 15) is 13.2 Å². The summed E-state index contributed by atoms with van der Waals surface area (Å²) in [6.45, 7) is 2.86. The van der Waals surface area contributed by atoms with Gasteiger partial charge in [-0.15, -0.1) is 0 Å². The molecule has 3 N–H and O–H groups in total. The van der Waals surface area contributed by atoms with Crippen LogP contribution in [0.4, 0.5) is 0 Å². The van der Waals surface area contributed by atoms with E-state index < -0.39 is 22.0 Å². The molecule has 0 saturated heterocycles. The Morgan fingerprint density at radius 1 is 1.64 bits per heavy atom. The fourth-order valence-electron chi connectivity index (χ4n) is 0.318. The number of rotatable bonds is 3. The quantitative estimate of drug-likeness (QED) is 0.571. The van der Waals surface area contributed by atoms with Gasteiger partial charge in [-0.05, 0) is 13.8 Å². The molecule has 0 aliphatic heterocycles. The molecular weight excluding hydrogens is 168 g/mol. The first kappa shape index (κ1) is 10.4. The van der Waals surface area contributed by atoms with Crippen molar-refractivity contribution in [2.75, 3.05) is 5.75 Å². The van der Waals surface area contributed by atoms with Gasteiger partial charge in [0.2, 0.25) is 15.9 Å². The van der Waals surface area contributed by atoms with Crippen molar-refractivity contribution in [1.29, 1.82) is 0 Å². The minimum Gasteiger partial charge on any atom is -0.320 e. The summed E-state index contributed by atoms with van der Waals surface area (Å²) in [5.41, 5.74) is 5.12. The zero-order valence-electron chi connectivity index (χ0n) is 6.49. The Kier molecular flexibility index (Phi) is 3.47. The third-order valence-electron chi connectivity index (χ3n) is 1.05. The summed E-state index contributed by atoms with van der Waals surface area (Å²) in [6.07, 6.45) is 0. The van der Waals surface area contributed by atoms with E-state index in [-0.39, 0.29) is 5.75 Å². The molecule has 0 bridgehead atoms. The maximum atomic E-state index is 10.7. The average molecular weight is 180 g/mol. The number of hydrogen-bond donors (Lipinski definition) is 2. The molecule has 1 unspecified atom stereocenters. The van der Waals surface area contributed by atoms with Gasteiger partial charge in [0, 0.05) is 0 Å². The summed E-state index contributed by atoms with van der Waals surface area (Å²) in [4.78, 5) is 10.7. The molecule has 66 valence electrons. The minimum absolute atomic E-state index is 0.120. The average Bonchev–Trinajstić information content (AvgIpc) is 1.87. The summed E-state index contributed by atoms with van der Waals surface area (Å²) in [6, 6.07) is -0.795. The SMILES string of the molecule is CCS(=O)(=O)NC(=O)C(C)N. The molecular formula is C5H12N2O3S. The Morgan fingerprint density at radius 3 is 2.36 bits per heavy atom. The summed E-state index contributed by atoms with van der Waals surface area (Å²) in [5, 5.41) is 0. The maximum absolute atomic E-state index is 10.7. The van der Waals surface area contributed by atoms with Crippen LogP contribution in [-0.2, 0) is 14.8 Å². The molecule has 0 spiro atoms. The van der Waals surface area contributed by atoms with Crippen molar-refractivity contribution < 1.29 is 13.2 Å². The molecule has 0 fully saturated rings. The van der Waals surface area contributed by atoms with Gasteiger partial charge < -0.3 is 5.73 Å². The van der Waals surface area contributed by atoms with Crippen LogP contribution < -0.4 is 10.5 Å². The number of nitrogens with two attached hydrogens (primary N) is 1. The first-order valence-corrected chi connectivity index (χ1v) is 4.84. The number of hydrogen-bond acceptors (Lipinski definition) is 4. The minimum atomic E-state index is -3.44. The van der Waals surface area contributed by atoms with Gasteiger partial charge in [0.1, 0.15) is 0 Å². The van der Waals surface area contributed by atoms with Crippen LogP contribution in [-0.4, -0.2) is 26.1 Å². The molecule has 0 aromatic carbocycles. The van der Waals surface area contributed by atoms with Crippen LogP contribution in [0.3, 0.4) is 0 Å². The highest BCUT2D eigenvalue weighted by molar-refractivity contribution is 7.90. The van der Waals surface area contributed by atoms with Gasteiger partial charge in [0.25, 0.3) is 0 Å². The number of carbonyl (C=O) groups is 1. The summed E-state index contributed by atoms with van der Waals surface area (Å²) in [7, 11) is -3.44. The lowest BCUT2D eigenvalue weighted by Gasteiger charge is -2.05. The molecule has 0 saturated carbocycles. The number of nitrogens with one attached hydrogen (secondary N) is 1. The summed E-state index contributed by atoms with van der Waals surface area (Å²) in [5.74, 6) is -0.794. The number of carbonyl (C=O) groups excluding carboxylic acids is 1. The monoisotopic (exact) mass is 180 g/mol. The van der Waals surface area contributed by atoms with E-state index in [1.54, 1.807) is 0 Å². The molecule has 0 rings (SSSR count). The van der Waals surface area contributed by atoms with Gasteiger partial charge in [0.05, 0.1) is 11.8 Å². The van der Waals surface area contributed by atoms with Crippen LogP contribution >= 0.6 is 0 Å². The second-order valence-electron chi connectivity index (χ2n) is 2.16. The molecule has 1 atom stereocenters. The smallest absolute Gasteiger partial charge is 0.250 e. The van der Waals surface area contributed by atoms with E-state index in [4.69, 9.17) is 5.73 Å². The lowest BCUT2D eigenvalue weighted by Crippen LogP contribution is -2.42. The van der Waals surface area contributed by atoms with Crippen LogP contribution in [0.25, 0.3) is 0 Å². The molecule has 0 aliphatic rings. The first-order valence-electron chi connectivity index (χ1n) is 3.19. The third kappa shape index (κ3) is 3.94. The van der Waals surface area contributed by atoms with Crippen LogP contribution in [0, 0.1) is 0 Å². The highest BCUT2D eigenvalue weighted by atomic mass is 32.2. The second kappa shape index (κ2) is 3.68. The number of sulfonamides is 1. The van der Waals surface area contributed by atoms with Crippen LogP contribution in [0.5, 0.6) is 0 Å². The summed E-state index contributed by atoms with van der Waals surface area (Å²) >= 11 is 0. The molecule has 0 heterocycles. The van der Waals surface area contributed by atoms with Crippen molar-refractivity contribution in [2.45, 2.75) is 19.9 Å². The first-order chi connectivity index (χ1) is 4.89. The number of amides is 1. The molecule has 0 aromatic rings. The molecule has 1 amide bonds. The van der Waals surface area contributed by atoms with Gasteiger partial charge >= 0.3 is 0 Å². The fraction of sp³-hybridized carbons (Fsp3) is 0.800. The van der Waals surface area contributed by atoms with Gasteiger partial charge in [-0.2, -0.15) is 0 Å². The molecule has 0 aliphatic carbocycles. The van der Waals surface area contributed by atoms with Gasteiger partial charge in [0.15, 0.2) is 0 Å². The Morgan fingerprint density at radius 2 is 2.09 bits per heavy atom. The molecule has 5 nitrogen and oxygen atoms in total. The van der Waals surface area contributed by atoms with Crippen molar-refractivity contribution in [2.24, 2.45) is 5.73 Å². The normalized spacial score (nSPS) is 14.1. The largest absolute Gasteiger partial charge is 0.320 e. The maximum Gasteiger partial charge on any atom is 0.250 e.